The summed E-state index contributed by atoms with van der Waals surface area (Å²) in [6, 6.07) is 6.22. The summed E-state index contributed by atoms with van der Waals surface area (Å²) in [7, 11) is 0. The summed E-state index contributed by atoms with van der Waals surface area (Å²) < 4.78 is 73.1. The first-order valence-corrected chi connectivity index (χ1v) is 18.3. The molecule has 262 valence electrons. The van der Waals surface area contributed by atoms with Crippen LogP contribution in [0, 0.1) is 52.1 Å². The van der Waals surface area contributed by atoms with Crippen LogP contribution in [0.4, 0.5) is 23.4 Å². The highest BCUT2D eigenvalue weighted by Gasteiger charge is 2.48. The fraction of sp³-hybridized carbons (Fsp3) is 0.459. The molecule has 0 radical (unpaired) electrons. The summed E-state index contributed by atoms with van der Waals surface area (Å²) in [5.74, 6) is -0.469. The number of nitriles is 2. The van der Waals surface area contributed by atoms with Gasteiger partial charge in [-0.1, -0.05) is 36.2 Å². The van der Waals surface area contributed by atoms with E-state index in [0.717, 1.165) is 50.4 Å². The van der Waals surface area contributed by atoms with Crippen molar-refractivity contribution in [2.24, 2.45) is 17.8 Å². The summed E-state index contributed by atoms with van der Waals surface area (Å²) >= 11 is 7.49. The minimum Gasteiger partial charge on any atom is -0.489 e. The van der Waals surface area contributed by atoms with Gasteiger partial charge in [-0.2, -0.15) is 20.5 Å². The van der Waals surface area contributed by atoms with Gasteiger partial charge in [0.25, 0.3) is 6.43 Å². The standard InChI is InChI=1S/C37H31ClF4N6O2S/c1-17-10-37(5-2-6-47(37)13-17)16-50-36-45-30-27-31(49-15-21-8-18(7-19-9-20(19)11-43)14-48(21)35(27)46-36)28(38)26(29(30)40)22-3-4-24(39)33-25(22)23(12-44)32(51-33)34(41)42/h3-4,7,17,19-21,34H,2,5-6,8-10,13-16H2,1H3/b18-7-/t17-,19?,20?,21?,37?/m1/s1. The zero-order valence-corrected chi connectivity index (χ0v) is 29.1. The first kappa shape index (κ1) is 32.7. The van der Waals surface area contributed by atoms with Crippen LogP contribution >= 0.6 is 22.9 Å². The van der Waals surface area contributed by atoms with Gasteiger partial charge in [0.15, 0.2) is 11.6 Å². The number of thiophene rings is 1. The molecule has 8 nitrogen and oxygen atoms in total. The zero-order valence-electron chi connectivity index (χ0n) is 27.5. The Labute approximate surface area is 299 Å². The predicted molar refractivity (Wildman–Crippen MR) is 184 cm³/mol. The number of benzene rings is 2. The van der Waals surface area contributed by atoms with E-state index in [1.165, 1.54) is 6.07 Å². The quantitative estimate of drug-likeness (QED) is 0.144. The molecule has 1 aliphatic carbocycles. The highest BCUT2D eigenvalue weighted by atomic mass is 35.5. The van der Waals surface area contributed by atoms with Gasteiger partial charge in [-0.3, -0.25) is 4.90 Å². The summed E-state index contributed by atoms with van der Waals surface area (Å²) in [6.45, 7) is 5.18. The van der Waals surface area contributed by atoms with Gasteiger partial charge in [0, 0.05) is 24.0 Å². The van der Waals surface area contributed by atoms with Crippen molar-refractivity contribution >= 4 is 49.7 Å². The van der Waals surface area contributed by atoms with E-state index in [1.54, 1.807) is 6.07 Å². The number of ether oxygens (including phenoxy) is 2. The van der Waals surface area contributed by atoms with Crippen molar-refractivity contribution in [1.29, 1.82) is 10.5 Å². The van der Waals surface area contributed by atoms with Crippen molar-refractivity contribution < 1.29 is 27.0 Å². The molecule has 2 aromatic heterocycles. The van der Waals surface area contributed by atoms with Crippen LogP contribution in [0.1, 0.15) is 55.9 Å². The van der Waals surface area contributed by atoms with Crippen molar-refractivity contribution in [3.8, 4) is 35.0 Å². The van der Waals surface area contributed by atoms with E-state index in [0.29, 0.717) is 42.6 Å². The molecule has 5 aliphatic rings. The molecule has 3 saturated heterocycles. The molecular formula is C37H31ClF4N6O2S. The van der Waals surface area contributed by atoms with Crippen molar-refractivity contribution in [2.75, 3.05) is 37.7 Å². The van der Waals surface area contributed by atoms with Gasteiger partial charge in [0.2, 0.25) is 0 Å². The van der Waals surface area contributed by atoms with Crippen LogP contribution in [-0.4, -0.2) is 59.3 Å². The monoisotopic (exact) mass is 734 g/mol. The number of aromatic nitrogens is 2. The van der Waals surface area contributed by atoms with E-state index >= 15 is 8.78 Å². The molecule has 14 heteroatoms. The van der Waals surface area contributed by atoms with E-state index in [-0.39, 0.29) is 78.9 Å². The molecular weight excluding hydrogens is 704 g/mol. The fourth-order valence-corrected chi connectivity index (χ4v) is 10.3. The summed E-state index contributed by atoms with van der Waals surface area (Å²) in [4.78, 5) is 13.4. The molecule has 5 atom stereocenters. The minimum atomic E-state index is -3.04. The van der Waals surface area contributed by atoms with Gasteiger partial charge < -0.3 is 14.4 Å². The Morgan fingerprint density at radius 1 is 1.24 bits per heavy atom. The fourth-order valence-electron chi connectivity index (χ4n) is 8.94. The Morgan fingerprint density at radius 2 is 2.08 bits per heavy atom. The van der Waals surface area contributed by atoms with Gasteiger partial charge in [-0.15, -0.1) is 11.3 Å². The largest absolute Gasteiger partial charge is 0.489 e. The van der Waals surface area contributed by atoms with E-state index in [4.69, 9.17) is 26.1 Å². The molecule has 0 amide bonds. The number of rotatable bonds is 6. The first-order chi connectivity index (χ1) is 24.6. The molecule has 4 aliphatic heterocycles. The van der Waals surface area contributed by atoms with Crippen LogP contribution in [0.15, 0.2) is 23.8 Å². The van der Waals surface area contributed by atoms with Crippen molar-refractivity contribution in [1.82, 2.24) is 14.9 Å². The third-order valence-corrected chi connectivity index (χ3v) is 12.8. The Bertz CT molecular complexity index is 2270. The number of anilines is 1. The smallest absolute Gasteiger partial charge is 0.319 e. The number of alkyl halides is 2. The van der Waals surface area contributed by atoms with Gasteiger partial charge in [-0.05, 0) is 62.1 Å². The Kier molecular flexibility index (Phi) is 7.66. The average Bonchev–Trinajstić information content (AvgIpc) is 3.36. The highest BCUT2D eigenvalue weighted by Crippen LogP contribution is 2.53. The third-order valence-electron chi connectivity index (χ3n) is 11.3. The van der Waals surface area contributed by atoms with Crippen LogP contribution in [0.2, 0.25) is 5.02 Å². The normalized spacial score (nSPS) is 27.5. The number of nitrogens with zero attached hydrogens (tertiary/aromatic N) is 6. The van der Waals surface area contributed by atoms with Gasteiger partial charge in [0.1, 0.15) is 36.4 Å². The van der Waals surface area contributed by atoms with Crippen LogP contribution < -0.4 is 14.4 Å². The van der Waals surface area contributed by atoms with Crippen molar-refractivity contribution in [2.45, 2.75) is 57.0 Å². The van der Waals surface area contributed by atoms with Crippen LogP contribution in [0.5, 0.6) is 11.8 Å². The van der Waals surface area contributed by atoms with Gasteiger partial charge >= 0.3 is 6.01 Å². The lowest BCUT2D eigenvalue weighted by molar-refractivity contribution is 0.107. The summed E-state index contributed by atoms with van der Waals surface area (Å²) in [6.07, 6.45) is 3.58. The second kappa shape index (κ2) is 11.9. The topological polar surface area (TPSA) is 98.3 Å². The Hall–Kier alpha value is -4.17. The van der Waals surface area contributed by atoms with Gasteiger partial charge in [0.05, 0.1) is 49.1 Å². The first-order valence-electron chi connectivity index (χ1n) is 17.1. The third kappa shape index (κ3) is 5.07. The van der Waals surface area contributed by atoms with Crippen molar-refractivity contribution in [3.05, 3.63) is 50.9 Å². The molecule has 4 fully saturated rings. The molecule has 4 unspecified atom stereocenters. The number of hydrogen-bond donors (Lipinski definition) is 0. The lowest BCUT2D eigenvalue weighted by atomic mass is 9.92. The molecule has 9 rings (SSSR count). The van der Waals surface area contributed by atoms with E-state index < -0.39 is 28.5 Å². The number of fused-ring (bicyclic) bond motifs is 4. The molecule has 0 spiro atoms. The zero-order chi connectivity index (χ0) is 35.3. The van der Waals surface area contributed by atoms with E-state index in [2.05, 4.69) is 29.0 Å². The second-order valence-electron chi connectivity index (χ2n) is 14.6. The summed E-state index contributed by atoms with van der Waals surface area (Å²) in [5.41, 5.74) is 0.137. The average molecular weight is 735 g/mol. The van der Waals surface area contributed by atoms with E-state index in [1.807, 2.05) is 4.90 Å². The predicted octanol–water partition coefficient (Wildman–Crippen LogP) is 8.56. The van der Waals surface area contributed by atoms with Crippen LogP contribution in [-0.2, 0) is 0 Å². The maximum atomic E-state index is 17.3. The lowest BCUT2D eigenvalue weighted by Gasteiger charge is -2.31. The number of hydrogen-bond acceptors (Lipinski definition) is 9. The van der Waals surface area contributed by atoms with Gasteiger partial charge in [-0.25, -0.2) is 17.6 Å². The SMILES string of the molecule is C[C@H]1CN2CCCC2(COc2nc3c4c(c(Cl)c(-c5ccc(F)c6sc(C(F)F)c(C#N)c56)c(F)c4n2)OCC2C/C(=C/C4CC4C#N)CN32)C1. The van der Waals surface area contributed by atoms with Crippen molar-refractivity contribution in [3.63, 3.8) is 0 Å². The highest BCUT2D eigenvalue weighted by molar-refractivity contribution is 7.19. The molecule has 51 heavy (non-hydrogen) atoms. The van der Waals surface area contributed by atoms with Crippen LogP contribution in [0.25, 0.3) is 32.1 Å². The van der Waals surface area contributed by atoms with E-state index in [9.17, 15) is 19.3 Å². The Balaban J connectivity index is 1.23. The number of halogens is 5. The molecule has 1 saturated carbocycles. The molecule has 0 N–H and O–H groups in total. The molecule has 2 aromatic carbocycles. The molecule has 4 aromatic rings. The lowest BCUT2D eigenvalue weighted by Crippen LogP contribution is -2.43. The second-order valence-corrected chi connectivity index (χ2v) is 16.0. The maximum absolute atomic E-state index is 17.3. The minimum absolute atomic E-state index is 0.0132. The Morgan fingerprint density at radius 3 is 2.84 bits per heavy atom. The maximum Gasteiger partial charge on any atom is 0.319 e. The van der Waals surface area contributed by atoms with Crippen LogP contribution in [0.3, 0.4) is 0 Å². The molecule has 0 bridgehead atoms. The number of allylic oxidation sites excluding steroid dienone is 1. The summed E-state index contributed by atoms with van der Waals surface area (Å²) in [5, 5.41) is 19.3. The molecule has 6 heterocycles.